The van der Waals surface area contributed by atoms with Crippen molar-refractivity contribution in [2.24, 2.45) is 0 Å². The molecule has 0 bridgehead atoms. The van der Waals surface area contributed by atoms with E-state index in [1.54, 1.807) is 0 Å². The van der Waals surface area contributed by atoms with Crippen molar-refractivity contribution in [2.45, 2.75) is 67.2 Å². The van der Waals surface area contributed by atoms with E-state index in [2.05, 4.69) is 149 Å². The summed E-state index contributed by atoms with van der Waals surface area (Å²) >= 11 is -0.826. The van der Waals surface area contributed by atoms with E-state index in [4.69, 9.17) is 17.0 Å². The van der Waals surface area contributed by atoms with E-state index in [1.807, 2.05) is 0 Å². The Bertz CT molecular complexity index is 1830. The zero-order valence-corrected chi connectivity index (χ0v) is 33.8. The van der Waals surface area contributed by atoms with Crippen molar-refractivity contribution >= 4 is 58.9 Å². The van der Waals surface area contributed by atoms with Crippen LogP contribution in [-0.4, -0.2) is 20.4 Å². The number of benzene rings is 4. The molecule has 257 valence electrons. The van der Waals surface area contributed by atoms with Gasteiger partial charge in [-0.15, -0.1) is 69.1 Å². The van der Waals surface area contributed by atoms with Crippen molar-refractivity contribution in [1.82, 2.24) is 10.5 Å². The number of aryl methyl sites for hydroxylation is 4. The number of fused-ring (bicyclic) bond motifs is 2. The van der Waals surface area contributed by atoms with Gasteiger partial charge in [-0.1, -0.05) is 86.3 Å². The van der Waals surface area contributed by atoms with Crippen LogP contribution >= 0.6 is 17.0 Å². The molecule has 0 aromatic heterocycles. The molecule has 0 atom stereocenters. The molecular formula is C42H46BCl2N2O2Zr. The van der Waals surface area contributed by atoms with E-state index in [1.165, 1.54) is 103 Å². The maximum atomic E-state index is 9.38. The van der Waals surface area contributed by atoms with E-state index in [-0.39, 0.29) is 0 Å². The van der Waals surface area contributed by atoms with Crippen LogP contribution in [0.4, 0.5) is 0 Å². The van der Waals surface area contributed by atoms with Crippen molar-refractivity contribution in [3.63, 3.8) is 0 Å². The third-order valence-electron chi connectivity index (χ3n) is 8.79. The minimum absolute atomic E-state index is 0.455. The first kappa shape index (κ1) is 41.0. The van der Waals surface area contributed by atoms with Crippen LogP contribution < -0.4 is 10.5 Å². The molecule has 6 aromatic carbocycles. The van der Waals surface area contributed by atoms with Crippen LogP contribution in [0.3, 0.4) is 0 Å². The molecule has 4 nitrogen and oxygen atoms in total. The molecule has 0 saturated carbocycles. The first-order valence-electron chi connectivity index (χ1n) is 16.9. The second-order valence-corrected chi connectivity index (χ2v) is 15.9. The second kappa shape index (κ2) is 21.7. The molecule has 0 spiro atoms. The number of rotatable bonds is 10. The zero-order valence-electron chi connectivity index (χ0n) is 29.9. The molecule has 0 saturated heterocycles. The summed E-state index contributed by atoms with van der Waals surface area (Å²) in [7, 11) is 11.0. The molecule has 0 aliphatic rings. The molecule has 50 heavy (non-hydrogen) atoms. The Morgan fingerprint density at radius 2 is 0.980 bits per heavy atom. The van der Waals surface area contributed by atoms with Gasteiger partial charge >= 0.3 is 45.4 Å². The third-order valence-corrected chi connectivity index (χ3v) is 8.79. The first-order valence-corrected chi connectivity index (χ1v) is 23.2. The Labute approximate surface area is 317 Å². The molecule has 2 amide bonds. The number of halogens is 2. The normalized spacial score (nSPS) is 10.0. The molecule has 6 aromatic rings. The fraction of sp³-hybridized carbons (Fsp3) is 0.238. The summed E-state index contributed by atoms with van der Waals surface area (Å²) < 4.78 is 0. The fourth-order valence-corrected chi connectivity index (χ4v) is 6.13. The average Bonchev–Trinajstić information content (AvgIpc) is 3.72. The van der Waals surface area contributed by atoms with Crippen molar-refractivity contribution < 1.29 is 30.4 Å². The Morgan fingerprint density at radius 1 is 0.620 bits per heavy atom. The van der Waals surface area contributed by atoms with Crippen LogP contribution in [0.15, 0.2) is 97.1 Å². The zero-order chi connectivity index (χ0) is 36.5. The summed E-state index contributed by atoms with van der Waals surface area (Å²) in [5.74, 6) is 0. The van der Waals surface area contributed by atoms with Gasteiger partial charge in [0, 0.05) is 0 Å². The van der Waals surface area contributed by atoms with Gasteiger partial charge in [-0.05, 0) is 73.9 Å². The van der Waals surface area contributed by atoms with E-state index in [0.29, 0.717) is 12.8 Å². The van der Waals surface area contributed by atoms with Crippen LogP contribution in [0.2, 0.25) is 0 Å². The molecule has 0 aliphatic carbocycles. The van der Waals surface area contributed by atoms with Crippen molar-refractivity contribution in [3.8, 4) is 22.3 Å². The first-order chi connectivity index (χ1) is 24.2. The minimum atomic E-state index is -0.826. The van der Waals surface area contributed by atoms with E-state index in [0.717, 1.165) is 7.55 Å². The molecular weight excluding hydrogens is 737 g/mol. The third kappa shape index (κ3) is 11.3. The van der Waals surface area contributed by atoms with E-state index < -0.39 is 20.8 Å². The Kier molecular flexibility index (Phi) is 17.8. The maximum absolute atomic E-state index is 9.38. The second-order valence-electron chi connectivity index (χ2n) is 12.1. The monoisotopic (exact) mass is 781 g/mol. The van der Waals surface area contributed by atoms with Crippen molar-refractivity contribution in [1.29, 1.82) is 0 Å². The quantitative estimate of drug-likeness (QED) is 0.0629. The molecule has 0 fully saturated rings. The van der Waals surface area contributed by atoms with Crippen LogP contribution in [-0.2, 0) is 43.3 Å². The van der Waals surface area contributed by atoms with Gasteiger partial charge in [0.15, 0.2) is 12.8 Å². The number of amides is 2. The summed E-state index contributed by atoms with van der Waals surface area (Å²) in [6.45, 7) is 13.3. The van der Waals surface area contributed by atoms with Crippen LogP contribution in [0, 0.1) is 27.7 Å². The van der Waals surface area contributed by atoms with Gasteiger partial charge in [-0.25, -0.2) is 0 Å². The molecule has 0 heterocycles. The van der Waals surface area contributed by atoms with Gasteiger partial charge in [0.25, 0.3) is 0 Å². The van der Waals surface area contributed by atoms with Gasteiger partial charge in [0.2, 0.25) is 0 Å². The van der Waals surface area contributed by atoms with Gasteiger partial charge in [-0.2, -0.15) is 12.1 Å². The standard InChI is InChI=1S/2C20H21.C2H4BN2O2.2ClH.Zr/c2*1-4-7-16-12-17-9-6-11-19(20(17)13-16)18-10-5-8-14(2)15(18)3;6-1-4-3-5-2-7;;;/h2*5-6,8-13H,4,7H2,1-3H3;1-2H,(H,4,6)(H,5,7);2*1H;/q2*-1;;;;+4/p-2. The molecule has 0 aliphatic heterocycles. The van der Waals surface area contributed by atoms with Crippen molar-refractivity contribution in [3.05, 3.63) is 130 Å². The Hall–Kier alpha value is -3.43. The topological polar surface area (TPSA) is 58.2 Å². The predicted octanol–water partition coefficient (Wildman–Crippen LogP) is 11.0. The summed E-state index contributed by atoms with van der Waals surface area (Å²) in [4.78, 5) is 18.8. The number of carbonyl (C=O) groups is 2. The number of hydrogen-bond acceptors (Lipinski definition) is 2. The molecule has 1 radical (unpaired) electrons. The van der Waals surface area contributed by atoms with Gasteiger partial charge in [0.05, 0.1) is 0 Å². The Balaban J connectivity index is 0.000000214. The number of carbonyl (C=O) groups excluding carboxylic acids is 2. The van der Waals surface area contributed by atoms with Gasteiger partial charge in [0.1, 0.15) is 0 Å². The average molecular weight is 784 g/mol. The van der Waals surface area contributed by atoms with E-state index >= 15 is 0 Å². The molecule has 2 N–H and O–H groups in total. The van der Waals surface area contributed by atoms with Gasteiger partial charge in [-0.3, -0.25) is 9.59 Å². The van der Waals surface area contributed by atoms with Gasteiger partial charge < -0.3 is 10.5 Å². The van der Waals surface area contributed by atoms with E-state index in [9.17, 15) is 9.59 Å². The van der Waals surface area contributed by atoms with Crippen molar-refractivity contribution in [2.75, 3.05) is 0 Å². The summed E-state index contributed by atoms with van der Waals surface area (Å²) in [6.07, 6.45) is 5.65. The summed E-state index contributed by atoms with van der Waals surface area (Å²) in [5, 5.41) is 9.72. The SMILES string of the molecule is CCCc1cc2c(-c3cccc(C)c3C)cccc2[cH-]1.CCCc1cc2c(-c3cccc(C)c3C)cccc2[cH-]1.O=CN[B]NC=O.[Cl][Zr+2][Cl]. The Morgan fingerprint density at radius 3 is 1.34 bits per heavy atom. The molecule has 0 unspecified atom stereocenters. The number of nitrogens with one attached hydrogen (secondary N) is 2. The molecule has 6 rings (SSSR count). The summed E-state index contributed by atoms with van der Waals surface area (Å²) in [5.41, 5.74) is 13.9. The van der Waals surface area contributed by atoms with Crippen LogP contribution in [0.25, 0.3) is 43.8 Å². The fourth-order valence-electron chi connectivity index (χ4n) is 6.13. The van der Waals surface area contributed by atoms with Crippen LogP contribution in [0.1, 0.15) is 60.1 Å². The predicted molar refractivity (Wildman–Crippen MR) is 213 cm³/mol. The van der Waals surface area contributed by atoms with Crippen LogP contribution in [0.5, 0.6) is 0 Å². The summed E-state index contributed by atoms with van der Waals surface area (Å²) in [6, 6.07) is 35.9. The number of hydrogen-bond donors (Lipinski definition) is 2. The molecule has 8 heteroatoms.